The minimum atomic E-state index is -1.40. The maximum absolute atomic E-state index is 10.8. The molecule has 3 aromatic rings. The second kappa shape index (κ2) is 6.45. The Morgan fingerprint density at radius 3 is 2.74 bits per heavy atom. The number of aliphatic hydroxyl groups is 1. The van der Waals surface area contributed by atoms with Crippen LogP contribution in [0.25, 0.3) is 22.6 Å². The predicted molar refractivity (Wildman–Crippen MR) is 83.5 cm³/mol. The highest BCUT2D eigenvalue weighted by Gasteiger charge is 2.18. The number of hydrogen-bond donors (Lipinski definition) is 3. The molecule has 0 fully saturated rings. The molecule has 3 rings (SSSR count). The summed E-state index contributed by atoms with van der Waals surface area (Å²) in [4.78, 5) is 22.3. The maximum Gasteiger partial charge on any atom is 0.332 e. The number of carbonyl (C=O) groups is 1. The van der Waals surface area contributed by atoms with Gasteiger partial charge in [-0.1, -0.05) is 30.3 Å². The van der Waals surface area contributed by atoms with Gasteiger partial charge < -0.3 is 19.8 Å². The first-order valence-corrected chi connectivity index (χ1v) is 7.17. The normalized spacial score (nSPS) is 12.2. The van der Waals surface area contributed by atoms with Crippen LogP contribution in [0.1, 0.15) is 6.42 Å². The summed E-state index contributed by atoms with van der Waals surface area (Å²) in [6.07, 6.45) is 3.61. The fourth-order valence-electron chi connectivity index (χ4n) is 2.41. The highest BCUT2D eigenvalue weighted by molar-refractivity contribution is 5.76. The Morgan fingerprint density at radius 1 is 1.30 bits per heavy atom. The SMILES string of the molecule is O=C(O)[C@@H](O)CCn1cnc(-c2ccccc2)c1-c1cnc[nH]1. The van der Waals surface area contributed by atoms with Gasteiger partial charge in [-0.15, -0.1) is 0 Å². The second-order valence-corrected chi connectivity index (χ2v) is 5.11. The Balaban J connectivity index is 1.97. The molecule has 23 heavy (non-hydrogen) atoms. The molecule has 0 saturated heterocycles. The van der Waals surface area contributed by atoms with Gasteiger partial charge in [0.05, 0.1) is 35.9 Å². The predicted octanol–water partition coefficient (Wildman–Crippen LogP) is 1.78. The average molecular weight is 312 g/mol. The van der Waals surface area contributed by atoms with Crippen molar-refractivity contribution in [2.45, 2.75) is 19.1 Å². The van der Waals surface area contributed by atoms with E-state index in [4.69, 9.17) is 5.11 Å². The average Bonchev–Trinajstić information content (AvgIpc) is 3.22. The van der Waals surface area contributed by atoms with Crippen LogP contribution in [0.5, 0.6) is 0 Å². The zero-order valence-electron chi connectivity index (χ0n) is 12.3. The molecular weight excluding hydrogens is 296 g/mol. The van der Waals surface area contributed by atoms with Gasteiger partial charge in [0.2, 0.25) is 0 Å². The fourth-order valence-corrected chi connectivity index (χ4v) is 2.41. The lowest BCUT2D eigenvalue weighted by Crippen LogP contribution is -2.21. The molecule has 7 heteroatoms. The third-order valence-corrected chi connectivity index (χ3v) is 3.57. The summed E-state index contributed by atoms with van der Waals surface area (Å²) in [6.45, 7) is 0.335. The summed E-state index contributed by atoms with van der Waals surface area (Å²) in [7, 11) is 0. The molecule has 0 aliphatic carbocycles. The number of aromatic nitrogens is 4. The van der Waals surface area contributed by atoms with E-state index in [-0.39, 0.29) is 6.42 Å². The highest BCUT2D eigenvalue weighted by atomic mass is 16.4. The minimum Gasteiger partial charge on any atom is -0.479 e. The van der Waals surface area contributed by atoms with Crippen LogP contribution >= 0.6 is 0 Å². The quantitative estimate of drug-likeness (QED) is 0.643. The largest absolute Gasteiger partial charge is 0.479 e. The molecule has 2 aromatic heterocycles. The number of aryl methyl sites for hydroxylation is 1. The van der Waals surface area contributed by atoms with E-state index in [1.54, 1.807) is 18.9 Å². The number of imidazole rings is 2. The summed E-state index contributed by atoms with van der Waals surface area (Å²) < 4.78 is 1.82. The zero-order valence-corrected chi connectivity index (χ0v) is 12.3. The summed E-state index contributed by atoms with van der Waals surface area (Å²) in [5.41, 5.74) is 3.33. The lowest BCUT2D eigenvalue weighted by atomic mass is 10.1. The van der Waals surface area contributed by atoms with Crippen molar-refractivity contribution >= 4 is 5.97 Å². The maximum atomic E-state index is 10.8. The highest BCUT2D eigenvalue weighted by Crippen LogP contribution is 2.29. The number of hydrogen-bond acceptors (Lipinski definition) is 4. The zero-order chi connectivity index (χ0) is 16.2. The molecule has 3 N–H and O–H groups in total. The smallest absolute Gasteiger partial charge is 0.332 e. The van der Waals surface area contributed by atoms with Crippen molar-refractivity contribution in [1.82, 2.24) is 19.5 Å². The van der Waals surface area contributed by atoms with Crippen LogP contribution in [-0.2, 0) is 11.3 Å². The van der Waals surface area contributed by atoms with Gasteiger partial charge >= 0.3 is 5.97 Å². The molecule has 118 valence electrons. The first-order valence-electron chi connectivity index (χ1n) is 7.17. The Kier molecular flexibility index (Phi) is 4.20. The van der Waals surface area contributed by atoms with Crippen molar-refractivity contribution in [3.63, 3.8) is 0 Å². The van der Waals surface area contributed by atoms with Crippen LogP contribution in [-0.4, -0.2) is 41.8 Å². The third-order valence-electron chi connectivity index (χ3n) is 3.57. The molecule has 0 spiro atoms. The fraction of sp³-hybridized carbons (Fsp3) is 0.188. The molecule has 0 bridgehead atoms. The molecule has 7 nitrogen and oxygen atoms in total. The molecule has 0 amide bonds. The van der Waals surface area contributed by atoms with Crippen molar-refractivity contribution in [2.75, 3.05) is 0 Å². The van der Waals surface area contributed by atoms with Gasteiger partial charge in [0.1, 0.15) is 0 Å². The van der Waals surface area contributed by atoms with Crippen LogP contribution in [0, 0.1) is 0 Å². The van der Waals surface area contributed by atoms with Gasteiger partial charge in [-0.2, -0.15) is 0 Å². The molecule has 0 aliphatic rings. The van der Waals surface area contributed by atoms with E-state index in [9.17, 15) is 9.90 Å². The number of nitrogens with one attached hydrogen (secondary N) is 1. The minimum absolute atomic E-state index is 0.0983. The Labute approximate surface area is 132 Å². The molecule has 0 unspecified atom stereocenters. The van der Waals surface area contributed by atoms with Crippen molar-refractivity contribution in [3.8, 4) is 22.6 Å². The van der Waals surface area contributed by atoms with Crippen LogP contribution in [0.4, 0.5) is 0 Å². The van der Waals surface area contributed by atoms with Crippen LogP contribution in [0.3, 0.4) is 0 Å². The van der Waals surface area contributed by atoms with Crippen molar-refractivity contribution in [3.05, 3.63) is 49.2 Å². The number of aliphatic carboxylic acids is 1. The first-order chi connectivity index (χ1) is 11.2. The van der Waals surface area contributed by atoms with Crippen LogP contribution in [0.2, 0.25) is 0 Å². The topological polar surface area (TPSA) is 104 Å². The number of carboxylic acid groups (broad SMARTS) is 1. The Hall–Kier alpha value is -2.93. The number of carboxylic acids is 1. The van der Waals surface area contributed by atoms with Crippen molar-refractivity contribution in [2.24, 2.45) is 0 Å². The van der Waals surface area contributed by atoms with E-state index in [0.29, 0.717) is 6.54 Å². The van der Waals surface area contributed by atoms with Gasteiger partial charge in [-0.25, -0.2) is 14.8 Å². The Bertz CT molecular complexity index is 781. The van der Waals surface area contributed by atoms with Gasteiger partial charge in [0, 0.05) is 18.5 Å². The number of H-pyrrole nitrogens is 1. The van der Waals surface area contributed by atoms with Crippen LogP contribution in [0.15, 0.2) is 49.2 Å². The van der Waals surface area contributed by atoms with Crippen LogP contribution < -0.4 is 0 Å². The molecule has 1 atom stereocenters. The van der Waals surface area contributed by atoms with E-state index >= 15 is 0 Å². The third kappa shape index (κ3) is 3.14. The monoisotopic (exact) mass is 312 g/mol. The van der Waals surface area contributed by atoms with Gasteiger partial charge in [0.15, 0.2) is 6.10 Å². The molecule has 2 heterocycles. The van der Waals surface area contributed by atoms with E-state index in [1.807, 2.05) is 34.9 Å². The number of aromatic amines is 1. The number of benzene rings is 1. The van der Waals surface area contributed by atoms with E-state index in [2.05, 4.69) is 15.0 Å². The lowest BCUT2D eigenvalue weighted by molar-refractivity contribution is -0.147. The second-order valence-electron chi connectivity index (χ2n) is 5.11. The molecular formula is C16H16N4O3. The molecule has 0 saturated carbocycles. The summed E-state index contributed by atoms with van der Waals surface area (Å²) in [6, 6.07) is 9.70. The molecule has 1 aromatic carbocycles. The van der Waals surface area contributed by atoms with Gasteiger partial charge in [0.25, 0.3) is 0 Å². The van der Waals surface area contributed by atoms with E-state index in [0.717, 1.165) is 22.6 Å². The van der Waals surface area contributed by atoms with E-state index in [1.165, 1.54) is 0 Å². The lowest BCUT2D eigenvalue weighted by Gasteiger charge is -2.10. The van der Waals surface area contributed by atoms with Gasteiger partial charge in [-0.05, 0) is 0 Å². The number of nitrogens with zero attached hydrogens (tertiary/aromatic N) is 3. The first kappa shape index (κ1) is 15.0. The summed E-state index contributed by atoms with van der Waals surface area (Å²) in [5, 5.41) is 18.3. The Morgan fingerprint density at radius 2 is 2.09 bits per heavy atom. The van der Waals surface area contributed by atoms with E-state index < -0.39 is 12.1 Å². The van der Waals surface area contributed by atoms with Crippen molar-refractivity contribution < 1.29 is 15.0 Å². The van der Waals surface area contributed by atoms with Gasteiger partial charge in [-0.3, -0.25) is 0 Å². The number of aliphatic hydroxyl groups excluding tert-OH is 1. The summed E-state index contributed by atoms with van der Waals surface area (Å²) in [5.74, 6) is -1.23. The number of rotatable bonds is 6. The summed E-state index contributed by atoms with van der Waals surface area (Å²) >= 11 is 0. The molecule has 0 aliphatic heterocycles. The molecule has 0 radical (unpaired) electrons. The standard InChI is InChI=1S/C16H16N4O3/c21-13(16(22)23)6-7-20-10-19-14(11-4-2-1-3-5-11)15(20)12-8-17-9-18-12/h1-5,8-10,13,21H,6-7H2,(H,17,18)(H,22,23)/t13-/m0/s1. The van der Waals surface area contributed by atoms with Crippen molar-refractivity contribution in [1.29, 1.82) is 0 Å².